The van der Waals surface area contributed by atoms with E-state index in [-0.39, 0.29) is 5.91 Å². The lowest BCUT2D eigenvalue weighted by Gasteiger charge is -2.33. The van der Waals surface area contributed by atoms with Crippen molar-refractivity contribution in [2.24, 2.45) is 10.4 Å². The summed E-state index contributed by atoms with van der Waals surface area (Å²) in [4.78, 5) is 18.6. The third-order valence-electron chi connectivity index (χ3n) is 5.67. The average molecular weight is 320 g/mol. The van der Waals surface area contributed by atoms with Gasteiger partial charge >= 0.3 is 0 Å². The lowest BCUT2D eigenvalue weighted by atomic mass is 9.73. The van der Waals surface area contributed by atoms with E-state index < -0.39 is 0 Å². The van der Waals surface area contributed by atoms with E-state index in [9.17, 15) is 4.79 Å². The van der Waals surface area contributed by atoms with Crippen molar-refractivity contribution < 1.29 is 4.79 Å². The summed E-state index contributed by atoms with van der Waals surface area (Å²) in [6, 6.07) is 0.472. The number of amides is 1. The molecule has 3 aliphatic rings. The van der Waals surface area contributed by atoms with Crippen molar-refractivity contribution in [1.82, 2.24) is 15.5 Å². The summed E-state index contributed by atoms with van der Waals surface area (Å²) in [5.41, 5.74) is 0.556. The predicted octanol–water partition coefficient (Wildman–Crippen LogP) is 2.28. The van der Waals surface area contributed by atoms with Gasteiger partial charge in [0.15, 0.2) is 5.96 Å². The van der Waals surface area contributed by atoms with Crippen molar-refractivity contribution in [3.8, 4) is 0 Å². The van der Waals surface area contributed by atoms with Crippen LogP contribution in [0.2, 0.25) is 0 Å². The largest absolute Gasteiger partial charge is 0.356 e. The average Bonchev–Trinajstić information content (AvgIpc) is 3.28. The van der Waals surface area contributed by atoms with E-state index in [1.165, 1.54) is 38.5 Å². The Bertz CT molecular complexity index is 438. The highest BCUT2D eigenvalue weighted by atomic mass is 16.1. The second-order valence-corrected chi connectivity index (χ2v) is 7.65. The minimum absolute atomic E-state index is 0.201. The molecule has 2 saturated carbocycles. The molecule has 0 atom stereocenters. The van der Waals surface area contributed by atoms with Gasteiger partial charge in [-0.2, -0.15) is 0 Å². The van der Waals surface area contributed by atoms with Crippen molar-refractivity contribution in [2.75, 3.05) is 26.7 Å². The van der Waals surface area contributed by atoms with Gasteiger partial charge in [-0.05, 0) is 43.9 Å². The number of guanidine groups is 1. The first-order valence-electron chi connectivity index (χ1n) is 9.46. The molecule has 0 bridgehead atoms. The molecule has 5 heteroatoms. The highest BCUT2D eigenvalue weighted by molar-refractivity contribution is 5.80. The normalized spacial score (nSPS) is 24.0. The van der Waals surface area contributed by atoms with Crippen LogP contribution in [0.5, 0.6) is 0 Å². The number of likely N-dealkylation sites (tertiary alicyclic amines) is 1. The molecule has 0 aromatic rings. The Balaban J connectivity index is 1.37. The molecule has 1 amide bonds. The standard InChI is InChI=1S/C18H32N4O/c1-19-17(20-12-5-6-16(23)21-15-7-8-15)22-13-11-18(14-22)9-3-2-4-10-18/h15H,2-14H2,1H3,(H,19,20)(H,21,23). The third-order valence-corrected chi connectivity index (χ3v) is 5.67. The van der Waals surface area contributed by atoms with E-state index in [0.717, 1.165) is 44.9 Å². The maximum absolute atomic E-state index is 11.7. The monoisotopic (exact) mass is 320 g/mol. The number of aliphatic imine (C=N–C) groups is 1. The van der Waals surface area contributed by atoms with Crippen molar-refractivity contribution in [3.63, 3.8) is 0 Å². The van der Waals surface area contributed by atoms with Gasteiger partial charge in [-0.25, -0.2) is 0 Å². The summed E-state index contributed by atoms with van der Waals surface area (Å²) >= 11 is 0. The molecule has 3 fully saturated rings. The van der Waals surface area contributed by atoms with Crippen LogP contribution in [-0.2, 0) is 4.79 Å². The van der Waals surface area contributed by atoms with Gasteiger partial charge in [0.1, 0.15) is 0 Å². The summed E-state index contributed by atoms with van der Waals surface area (Å²) in [6.45, 7) is 3.12. The van der Waals surface area contributed by atoms with Crippen LogP contribution in [0.25, 0.3) is 0 Å². The minimum Gasteiger partial charge on any atom is -0.356 e. The van der Waals surface area contributed by atoms with E-state index in [4.69, 9.17) is 0 Å². The summed E-state index contributed by atoms with van der Waals surface area (Å²) in [7, 11) is 1.87. The van der Waals surface area contributed by atoms with Crippen LogP contribution in [0.15, 0.2) is 4.99 Å². The third kappa shape index (κ3) is 4.61. The summed E-state index contributed by atoms with van der Waals surface area (Å²) in [6.07, 6.45) is 12.1. The molecule has 3 rings (SSSR count). The molecule has 1 spiro atoms. The Morgan fingerprint density at radius 2 is 2.00 bits per heavy atom. The van der Waals surface area contributed by atoms with Crippen molar-refractivity contribution >= 4 is 11.9 Å². The van der Waals surface area contributed by atoms with Crippen molar-refractivity contribution in [2.45, 2.75) is 70.3 Å². The highest BCUT2D eigenvalue weighted by Crippen LogP contribution is 2.43. The van der Waals surface area contributed by atoms with E-state index in [2.05, 4.69) is 20.5 Å². The van der Waals surface area contributed by atoms with Crippen molar-refractivity contribution in [3.05, 3.63) is 0 Å². The molecule has 0 radical (unpaired) electrons. The first-order valence-corrected chi connectivity index (χ1v) is 9.46. The number of carbonyl (C=O) groups is 1. The zero-order chi connectivity index (χ0) is 16.1. The van der Waals surface area contributed by atoms with Crippen LogP contribution in [-0.4, -0.2) is 49.5 Å². The Hall–Kier alpha value is -1.26. The number of hydrogen-bond donors (Lipinski definition) is 2. The predicted molar refractivity (Wildman–Crippen MR) is 93.5 cm³/mol. The Labute approximate surface area is 140 Å². The van der Waals surface area contributed by atoms with Crippen LogP contribution in [0, 0.1) is 5.41 Å². The van der Waals surface area contributed by atoms with Gasteiger partial charge < -0.3 is 15.5 Å². The van der Waals surface area contributed by atoms with Crippen LogP contribution >= 0.6 is 0 Å². The lowest BCUT2D eigenvalue weighted by molar-refractivity contribution is -0.121. The second-order valence-electron chi connectivity index (χ2n) is 7.65. The first kappa shape index (κ1) is 16.6. The molecule has 5 nitrogen and oxygen atoms in total. The second kappa shape index (κ2) is 7.54. The molecule has 0 unspecified atom stereocenters. The zero-order valence-electron chi connectivity index (χ0n) is 14.6. The number of nitrogens with zero attached hydrogens (tertiary/aromatic N) is 2. The molecule has 2 N–H and O–H groups in total. The maximum atomic E-state index is 11.7. The molecule has 0 aromatic carbocycles. The Morgan fingerprint density at radius 1 is 1.22 bits per heavy atom. The fourth-order valence-electron chi connectivity index (χ4n) is 4.13. The lowest BCUT2D eigenvalue weighted by Crippen LogP contribution is -2.42. The van der Waals surface area contributed by atoms with Gasteiger partial charge in [-0.1, -0.05) is 19.3 Å². The van der Waals surface area contributed by atoms with E-state index in [1.807, 2.05) is 7.05 Å². The fourth-order valence-corrected chi connectivity index (χ4v) is 4.13. The quantitative estimate of drug-likeness (QED) is 0.464. The van der Waals surface area contributed by atoms with Crippen LogP contribution in [0.3, 0.4) is 0 Å². The number of carbonyl (C=O) groups excluding carboxylic acids is 1. The minimum atomic E-state index is 0.201. The van der Waals surface area contributed by atoms with Crippen LogP contribution < -0.4 is 10.6 Å². The van der Waals surface area contributed by atoms with Gasteiger partial charge in [-0.3, -0.25) is 9.79 Å². The molecule has 1 aliphatic heterocycles. The molecule has 23 heavy (non-hydrogen) atoms. The molecule has 130 valence electrons. The summed E-state index contributed by atoms with van der Waals surface area (Å²) < 4.78 is 0. The molecule has 0 aromatic heterocycles. The maximum Gasteiger partial charge on any atom is 0.220 e. The van der Waals surface area contributed by atoms with Gasteiger partial charge in [0.05, 0.1) is 0 Å². The topological polar surface area (TPSA) is 56.7 Å². The molecular formula is C18H32N4O. The Morgan fingerprint density at radius 3 is 2.70 bits per heavy atom. The number of rotatable bonds is 5. The van der Waals surface area contributed by atoms with Crippen LogP contribution in [0.4, 0.5) is 0 Å². The fraction of sp³-hybridized carbons (Fsp3) is 0.889. The Kier molecular flexibility index (Phi) is 5.44. The van der Waals surface area contributed by atoms with E-state index >= 15 is 0 Å². The highest BCUT2D eigenvalue weighted by Gasteiger charge is 2.39. The smallest absolute Gasteiger partial charge is 0.220 e. The van der Waals surface area contributed by atoms with Gasteiger partial charge in [0.2, 0.25) is 5.91 Å². The van der Waals surface area contributed by atoms with E-state index in [1.54, 1.807) is 0 Å². The van der Waals surface area contributed by atoms with Gasteiger partial charge in [0, 0.05) is 39.1 Å². The van der Waals surface area contributed by atoms with Crippen molar-refractivity contribution in [1.29, 1.82) is 0 Å². The summed E-state index contributed by atoms with van der Waals surface area (Å²) in [5.74, 6) is 1.22. The van der Waals surface area contributed by atoms with E-state index in [0.29, 0.717) is 17.9 Å². The molecule has 1 saturated heterocycles. The number of nitrogens with one attached hydrogen (secondary N) is 2. The molecule has 2 aliphatic carbocycles. The van der Waals surface area contributed by atoms with Gasteiger partial charge in [0.25, 0.3) is 0 Å². The molecular weight excluding hydrogens is 288 g/mol. The zero-order valence-corrected chi connectivity index (χ0v) is 14.6. The first-order chi connectivity index (χ1) is 11.2. The van der Waals surface area contributed by atoms with Gasteiger partial charge in [-0.15, -0.1) is 0 Å². The van der Waals surface area contributed by atoms with Crippen LogP contribution in [0.1, 0.15) is 64.2 Å². The SMILES string of the molecule is CN=C(NCCCC(=O)NC1CC1)N1CCC2(CCCCC2)C1. The summed E-state index contributed by atoms with van der Waals surface area (Å²) in [5, 5.41) is 6.50. The molecule has 1 heterocycles. The number of hydrogen-bond acceptors (Lipinski definition) is 2.